The van der Waals surface area contributed by atoms with Crippen LogP contribution in [0.5, 0.6) is 0 Å². The van der Waals surface area contributed by atoms with Gasteiger partial charge in [0.2, 0.25) is 0 Å². The highest BCUT2D eigenvalue weighted by molar-refractivity contribution is 9.10. The minimum absolute atomic E-state index is 0.214. The second-order valence-corrected chi connectivity index (χ2v) is 4.37. The zero-order valence-corrected chi connectivity index (χ0v) is 10.3. The summed E-state index contributed by atoms with van der Waals surface area (Å²) >= 11 is 3.29. The molecule has 2 N–H and O–H groups in total. The van der Waals surface area contributed by atoms with Gasteiger partial charge in [-0.2, -0.15) is 0 Å². The van der Waals surface area contributed by atoms with E-state index in [9.17, 15) is 8.78 Å². The summed E-state index contributed by atoms with van der Waals surface area (Å²) in [5.41, 5.74) is 6.64. The lowest BCUT2D eigenvalue weighted by atomic mass is 10.0. The van der Waals surface area contributed by atoms with Crippen molar-refractivity contribution < 1.29 is 8.78 Å². The molecule has 88 valence electrons. The molecule has 0 fully saturated rings. The van der Waals surface area contributed by atoms with Crippen LogP contribution in [0.2, 0.25) is 0 Å². The highest BCUT2D eigenvalue weighted by Gasteiger charge is 2.17. The predicted molar refractivity (Wildman–Crippen MR) is 64.3 cm³/mol. The minimum Gasteiger partial charge on any atom is -0.319 e. The summed E-state index contributed by atoms with van der Waals surface area (Å²) in [7, 11) is 0. The molecule has 1 heterocycles. The maximum absolute atomic E-state index is 13.6. The number of hydrogen-bond donors (Lipinski definition) is 1. The number of nitrogens with two attached hydrogens (primary N) is 1. The van der Waals surface area contributed by atoms with Gasteiger partial charge in [0.1, 0.15) is 11.6 Å². The Morgan fingerprint density at radius 2 is 2.00 bits per heavy atom. The van der Waals surface area contributed by atoms with Gasteiger partial charge in [-0.05, 0) is 34.1 Å². The van der Waals surface area contributed by atoms with Gasteiger partial charge in [-0.25, -0.2) is 8.78 Å². The van der Waals surface area contributed by atoms with Crippen LogP contribution in [0.1, 0.15) is 17.3 Å². The van der Waals surface area contributed by atoms with Crippen molar-refractivity contribution in [2.45, 2.75) is 6.04 Å². The van der Waals surface area contributed by atoms with Crippen LogP contribution in [0, 0.1) is 11.6 Å². The first kappa shape index (κ1) is 12.1. The van der Waals surface area contributed by atoms with E-state index >= 15 is 0 Å². The zero-order chi connectivity index (χ0) is 12.4. The fourth-order valence-electron chi connectivity index (χ4n) is 1.53. The van der Waals surface area contributed by atoms with Crippen LogP contribution in [0.15, 0.2) is 41.0 Å². The first-order valence-electron chi connectivity index (χ1n) is 4.90. The van der Waals surface area contributed by atoms with Crippen molar-refractivity contribution in [1.29, 1.82) is 0 Å². The summed E-state index contributed by atoms with van der Waals surface area (Å²) in [4.78, 5) is 4.09. The van der Waals surface area contributed by atoms with Crippen molar-refractivity contribution >= 4 is 15.9 Å². The van der Waals surface area contributed by atoms with Crippen LogP contribution in [0.3, 0.4) is 0 Å². The molecule has 5 heteroatoms. The summed E-state index contributed by atoms with van der Waals surface area (Å²) in [5, 5.41) is 0. The molecular formula is C12H9BrF2N2. The first-order chi connectivity index (χ1) is 8.09. The molecule has 2 rings (SSSR count). The summed E-state index contributed by atoms with van der Waals surface area (Å²) in [6.07, 6.45) is 1.57. The first-order valence-corrected chi connectivity index (χ1v) is 5.70. The molecule has 1 atom stereocenters. The fourth-order valence-corrected chi connectivity index (χ4v) is 2.03. The van der Waals surface area contributed by atoms with E-state index in [1.807, 2.05) is 0 Å². The van der Waals surface area contributed by atoms with Gasteiger partial charge in [0, 0.05) is 22.3 Å². The number of rotatable bonds is 2. The normalized spacial score (nSPS) is 12.5. The monoisotopic (exact) mass is 298 g/mol. The van der Waals surface area contributed by atoms with E-state index in [2.05, 4.69) is 20.9 Å². The highest BCUT2D eigenvalue weighted by atomic mass is 79.9. The van der Waals surface area contributed by atoms with Gasteiger partial charge in [-0.1, -0.05) is 6.07 Å². The van der Waals surface area contributed by atoms with E-state index < -0.39 is 17.7 Å². The van der Waals surface area contributed by atoms with Crippen LogP contribution < -0.4 is 5.73 Å². The quantitative estimate of drug-likeness (QED) is 0.925. The predicted octanol–water partition coefficient (Wildman–Crippen LogP) is 3.17. The van der Waals surface area contributed by atoms with E-state index in [1.165, 1.54) is 12.1 Å². The topological polar surface area (TPSA) is 38.9 Å². The van der Waals surface area contributed by atoms with Crippen molar-refractivity contribution in [2.24, 2.45) is 5.73 Å². The van der Waals surface area contributed by atoms with Crippen LogP contribution in [0.4, 0.5) is 8.78 Å². The molecule has 0 aliphatic carbocycles. The maximum atomic E-state index is 13.6. The van der Waals surface area contributed by atoms with Gasteiger partial charge < -0.3 is 5.73 Å². The number of halogens is 3. The van der Waals surface area contributed by atoms with Gasteiger partial charge in [0.05, 0.1) is 11.7 Å². The molecule has 2 nitrogen and oxygen atoms in total. The SMILES string of the molecule is NC(c1ccc(F)cc1F)c1ncccc1Br. The van der Waals surface area contributed by atoms with E-state index in [0.29, 0.717) is 10.2 Å². The van der Waals surface area contributed by atoms with Crippen LogP contribution in [-0.4, -0.2) is 4.98 Å². The Balaban J connectivity index is 2.44. The molecule has 0 saturated carbocycles. The smallest absolute Gasteiger partial charge is 0.131 e. The summed E-state index contributed by atoms with van der Waals surface area (Å²) in [6, 6.07) is 6.09. The number of pyridine rings is 1. The number of aromatic nitrogens is 1. The minimum atomic E-state index is -0.730. The van der Waals surface area contributed by atoms with Gasteiger partial charge in [0.15, 0.2) is 0 Å². The van der Waals surface area contributed by atoms with Crippen LogP contribution in [0.25, 0.3) is 0 Å². The standard InChI is InChI=1S/C12H9BrF2N2/c13-9-2-1-5-17-12(9)11(16)8-4-3-7(14)6-10(8)15/h1-6,11H,16H2. The summed E-state index contributed by atoms with van der Waals surface area (Å²) in [5.74, 6) is -1.30. The lowest BCUT2D eigenvalue weighted by molar-refractivity contribution is 0.564. The lowest BCUT2D eigenvalue weighted by Crippen LogP contribution is -2.15. The molecule has 0 amide bonds. The Morgan fingerprint density at radius 1 is 1.24 bits per heavy atom. The van der Waals surface area contributed by atoms with Gasteiger partial charge in [-0.15, -0.1) is 0 Å². The molecule has 1 unspecified atom stereocenters. The second kappa shape index (κ2) is 4.89. The van der Waals surface area contributed by atoms with Gasteiger partial charge in [0.25, 0.3) is 0 Å². The Bertz CT molecular complexity index is 546. The molecule has 0 radical (unpaired) electrons. The number of benzene rings is 1. The fraction of sp³-hybridized carbons (Fsp3) is 0.0833. The van der Waals surface area contributed by atoms with Crippen molar-refractivity contribution in [3.63, 3.8) is 0 Å². The molecule has 1 aromatic carbocycles. The van der Waals surface area contributed by atoms with E-state index in [1.54, 1.807) is 18.3 Å². The van der Waals surface area contributed by atoms with Crippen molar-refractivity contribution in [1.82, 2.24) is 4.98 Å². The highest BCUT2D eigenvalue weighted by Crippen LogP contribution is 2.26. The third kappa shape index (κ3) is 2.50. The van der Waals surface area contributed by atoms with E-state index in [4.69, 9.17) is 5.73 Å². The van der Waals surface area contributed by atoms with E-state index in [0.717, 1.165) is 6.07 Å². The van der Waals surface area contributed by atoms with Crippen molar-refractivity contribution in [2.75, 3.05) is 0 Å². The van der Waals surface area contributed by atoms with Crippen molar-refractivity contribution in [3.8, 4) is 0 Å². The molecule has 0 aliphatic rings. The van der Waals surface area contributed by atoms with Gasteiger partial charge in [-0.3, -0.25) is 4.98 Å². The van der Waals surface area contributed by atoms with E-state index in [-0.39, 0.29) is 5.56 Å². The molecule has 0 spiro atoms. The van der Waals surface area contributed by atoms with Crippen molar-refractivity contribution in [3.05, 3.63) is 63.9 Å². The molecule has 0 bridgehead atoms. The molecule has 17 heavy (non-hydrogen) atoms. The Labute approximate surface area is 106 Å². The summed E-state index contributed by atoms with van der Waals surface area (Å²) < 4.78 is 27.0. The third-order valence-corrected chi connectivity index (χ3v) is 3.05. The zero-order valence-electron chi connectivity index (χ0n) is 8.70. The molecule has 0 aliphatic heterocycles. The number of hydrogen-bond acceptors (Lipinski definition) is 2. The average molecular weight is 299 g/mol. The molecule has 2 aromatic rings. The largest absolute Gasteiger partial charge is 0.319 e. The molecule has 1 aromatic heterocycles. The molecule has 0 saturated heterocycles. The maximum Gasteiger partial charge on any atom is 0.131 e. The summed E-state index contributed by atoms with van der Waals surface area (Å²) in [6.45, 7) is 0. The Kier molecular flexibility index (Phi) is 3.49. The number of nitrogens with zero attached hydrogens (tertiary/aromatic N) is 1. The second-order valence-electron chi connectivity index (χ2n) is 3.51. The van der Waals surface area contributed by atoms with Crippen LogP contribution >= 0.6 is 15.9 Å². The average Bonchev–Trinajstić information content (AvgIpc) is 2.29. The van der Waals surface area contributed by atoms with Gasteiger partial charge >= 0.3 is 0 Å². The Hall–Kier alpha value is -1.33. The molecular weight excluding hydrogens is 290 g/mol. The third-order valence-electron chi connectivity index (χ3n) is 2.38. The lowest BCUT2D eigenvalue weighted by Gasteiger charge is -2.13. The van der Waals surface area contributed by atoms with Crippen LogP contribution in [-0.2, 0) is 0 Å². The Morgan fingerprint density at radius 3 is 2.65 bits per heavy atom.